The number of furan rings is 1. The third-order valence-corrected chi connectivity index (χ3v) is 6.78. The molecule has 0 aliphatic carbocycles. The zero-order valence-corrected chi connectivity index (χ0v) is 20.5. The van der Waals surface area contributed by atoms with E-state index in [-0.39, 0.29) is 0 Å². The summed E-state index contributed by atoms with van der Waals surface area (Å²) in [6, 6.07) is 39.0. The minimum atomic E-state index is 0.388. The SMILES string of the molecule is Cc1ccc(-c2cc(-c3ccc(/C(N)=C/C(=N)c4ccccc4)cc3)c3c(c2)oc2ccccc23)cc1. The van der Waals surface area contributed by atoms with E-state index in [0.29, 0.717) is 11.4 Å². The highest BCUT2D eigenvalue weighted by atomic mass is 16.3. The number of nitrogens with one attached hydrogen (secondary N) is 1. The highest BCUT2D eigenvalue weighted by molar-refractivity contribution is 6.14. The van der Waals surface area contributed by atoms with Gasteiger partial charge < -0.3 is 15.6 Å². The van der Waals surface area contributed by atoms with Gasteiger partial charge in [-0.1, -0.05) is 103 Å². The summed E-state index contributed by atoms with van der Waals surface area (Å²) in [5, 5.41) is 10.6. The van der Waals surface area contributed by atoms with E-state index in [1.165, 1.54) is 5.56 Å². The first kappa shape index (κ1) is 22.6. The molecule has 0 saturated heterocycles. The number of fused-ring (bicyclic) bond motifs is 3. The largest absolute Gasteiger partial charge is 0.456 e. The minimum Gasteiger partial charge on any atom is -0.456 e. The topological polar surface area (TPSA) is 63.0 Å². The van der Waals surface area contributed by atoms with Crippen LogP contribution < -0.4 is 5.73 Å². The van der Waals surface area contributed by atoms with Crippen molar-refractivity contribution in [2.45, 2.75) is 6.92 Å². The average molecular weight is 479 g/mol. The van der Waals surface area contributed by atoms with Crippen molar-refractivity contribution in [2.75, 3.05) is 0 Å². The van der Waals surface area contributed by atoms with E-state index in [1.807, 2.05) is 60.7 Å². The minimum absolute atomic E-state index is 0.388. The molecule has 37 heavy (non-hydrogen) atoms. The van der Waals surface area contributed by atoms with Crippen LogP contribution in [0.25, 0.3) is 49.9 Å². The van der Waals surface area contributed by atoms with Gasteiger partial charge in [0, 0.05) is 16.5 Å². The number of hydrogen-bond acceptors (Lipinski definition) is 3. The van der Waals surface area contributed by atoms with Crippen molar-refractivity contribution in [1.29, 1.82) is 5.41 Å². The fraction of sp³-hybridized carbons (Fsp3) is 0.0294. The monoisotopic (exact) mass is 478 g/mol. The van der Waals surface area contributed by atoms with Crippen LogP contribution >= 0.6 is 0 Å². The Labute approximate surface area is 216 Å². The van der Waals surface area contributed by atoms with Crippen molar-refractivity contribution in [3.8, 4) is 22.3 Å². The molecule has 3 N–H and O–H groups in total. The van der Waals surface area contributed by atoms with Crippen molar-refractivity contribution in [1.82, 2.24) is 0 Å². The third kappa shape index (κ3) is 4.32. The number of para-hydroxylation sites is 1. The maximum atomic E-state index is 8.39. The summed E-state index contributed by atoms with van der Waals surface area (Å²) in [5.74, 6) is 0. The van der Waals surface area contributed by atoms with Crippen molar-refractivity contribution in [3.05, 3.63) is 138 Å². The Bertz CT molecular complexity index is 1770. The molecule has 6 aromatic rings. The molecule has 0 saturated carbocycles. The van der Waals surface area contributed by atoms with Crippen molar-refractivity contribution in [2.24, 2.45) is 5.73 Å². The van der Waals surface area contributed by atoms with E-state index >= 15 is 0 Å². The molecule has 1 aromatic heterocycles. The van der Waals surface area contributed by atoms with E-state index < -0.39 is 0 Å². The molecule has 1 heterocycles. The van der Waals surface area contributed by atoms with Gasteiger partial charge >= 0.3 is 0 Å². The number of aryl methyl sites for hydroxylation is 1. The van der Waals surface area contributed by atoms with Crippen LogP contribution in [0, 0.1) is 12.3 Å². The highest BCUT2D eigenvalue weighted by Gasteiger charge is 2.15. The molecular weight excluding hydrogens is 452 g/mol. The molecule has 0 spiro atoms. The number of rotatable bonds is 5. The van der Waals surface area contributed by atoms with Crippen LogP contribution in [0.15, 0.2) is 126 Å². The van der Waals surface area contributed by atoms with E-state index in [0.717, 1.165) is 55.3 Å². The molecule has 0 unspecified atom stereocenters. The van der Waals surface area contributed by atoms with Crippen LogP contribution in [-0.4, -0.2) is 5.71 Å². The lowest BCUT2D eigenvalue weighted by Gasteiger charge is -2.10. The smallest absolute Gasteiger partial charge is 0.136 e. The lowest BCUT2D eigenvalue weighted by atomic mass is 9.93. The molecule has 6 rings (SSSR count). The van der Waals surface area contributed by atoms with Gasteiger partial charge in [-0.3, -0.25) is 0 Å². The average Bonchev–Trinajstić information content (AvgIpc) is 3.32. The van der Waals surface area contributed by atoms with E-state index in [2.05, 4.69) is 61.5 Å². The number of nitrogens with two attached hydrogens (primary N) is 1. The molecule has 0 aliphatic heterocycles. The number of hydrogen-bond donors (Lipinski definition) is 2. The zero-order chi connectivity index (χ0) is 25.4. The Kier molecular flexibility index (Phi) is 5.66. The highest BCUT2D eigenvalue weighted by Crippen LogP contribution is 2.40. The summed E-state index contributed by atoms with van der Waals surface area (Å²) in [6.45, 7) is 2.10. The van der Waals surface area contributed by atoms with Gasteiger partial charge in [-0.15, -0.1) is 0 Å². The molecular formula is C34H26N2O. The van der Waals surface area contributed by atoms with Gasteiger partial charge in [0.05, 0.1) is 5.71 Å². The Morgan fingerprint density at radius 3 is 2.11 bits per heavy atom. The van der Waals surface area contributed by atoms with Gasteiger partial charge in [0.25, 0.3) is 0 Å². The molecule has 178 valence electrons. The molecule has 0 aliphatic rings. The van der Waals surface area contributed by atoms with Crippen LogP contribution in [-0.2, 0) is 0 Å². The molecule has 0 amide bonds. The first-order valence-corrected chi connectivity index (χ1v) is 12.3. The lowest BCUT2D eigenvalue weighted by Crippen LogP contribution is -2.02. The standard InChI is InChI=1S/C34H26N2O/c1-22-11-13-23(14-12-22)27-19-29(34-28-9-5-6-10-32(28)37-33(34)20-27)24-15-17-26(18-16-24)31(36)21-30(35)25-7-3-2-4-8-25/h2-21,35H,36H2,1H3/b31-21-,35-30?. The zero-order valence-electron chi connectivity index (χ0n) is 20.5. The second-order valence-corrected chi connectivity index (χ2v) is 9.32. The maximum absolute atomic E-state index is 8.39. The fourth-order valence-corrected chi connectivity index (χ4v) is 4.78. The van der Waals surface area contributed by atoms with Crippen LogP contribution in [0.4, 0.5) is 0 Å². The molecule has 3 nitrogen and oxygen atoms in total. The maximum Gasteiger partial charge on any atom is 0.136 e. The summed E-state index contributed by atoms with van der Waals surface area (Å²) in [6.07, 6.45) is 1.71. The second-order valence-electron chi connectivity index (χ2n) is 9.32. The van der Waals surface area contributed by atoms with Gasteiger partial charge in [-0.2, -0.15) is 0 Å². The predicted octanol–water partition coefficient (Wildman–Crippen LogP) is 8.60. The van der Waals surface area contributed by atoms with Crippen LogP contribution in [0.2, 0.25) is 0 Å². The molecule has 0 radical (unpaired) electrons. The Balaban J connectivity index is 1.45. The van der Waals surface area contributed by atoms with Crippen molar-refractivity contribution < 1.29 is 4.42 Å². The molecule has 3 heteroatoms. The third-order valence-electron chi connectivity index (χ3n) is 6.78. The van der Waals surface area contributed by atoms with E-state index in [1.54, 1.807) is 6.08 Å². The van der Waals surface area contributed by atoms with Crippen LogP contribution in [0.3, 0.4) is 0 Å². The summed E-state index contributed by atoms with van der Waals surface area (Å²) in [4.78, 5) is 0. The second kappa shape index (κ2) is 9.29. The summed E-state index contributed by atoms with van der Waals surface area (Å²) in [7, 11) is 0. The summed E-state index contributed by atoms with van der Waals surface area (Å²) < 4.78 is 6.30. The van der Waals surface area contributed by atoms with E-state index in [4.69, 9.17) is 15.6 Å². The van der Waals surface area contributed by atoms with Crippen molar-refractivity contribution in [3.63, 3.8) is 0 Å². The molecule has 0 bridgehead atoms. The summed E-state index contributed by atoms with van der Waals surface area (Å²) in [5.41, 5.74) is 16.5. The summed E-state index contributed by atoms with van der Waals surface area (Å²) >= 11 is 0. The first-order valence-electron chi connectivity index (χ1n) is 12.3. The van der Waals surface area contributed by atoms with Crippen LogP contribution in [0.1, 0.15) is 16.7 Å². The molecule has 0 fully saturated rings. The van der Waals surface area contributed by atoms with E-state index in [9.17, 15) is 0 Å². The number of benzene rings is 5. The van der Waals surface area contributed by atoms with Gasteiger partial charge in [0.2, 0.25) is 0 Å². The van der Waals surface area contributed by atoms with Gasteiger partial charge in [-0.05, 0) is 64.6 Å². The van der Waals surface area contributed by atoms with Gasteiger partial charge in [0.1, 0.15) is 11.2 Å². The predicted molar refractivity (Wildman–Crippen MR) is 155 cm³/mol. The van der Waals surface area contributed by atoms with Gasteiger partial charge in [0.15, 0.2) is 0 Å². The number of allylic oxidation sites excluding steroid dienone is 1. The normalized spacial score (nSPS) is 11.8. The van der Waals surface area contributed by atoms with Crippen LogP contribution in [0.5, 0.6) is 0 Å². The first-order chi connectivity index (χ1) is 18.1. The Morgan fingerprint density at radius 2 is 1.35 bits per heavy atom. The van der Waals surface area contributed by atoms with Gasteiger partial charge in [-0.25, -0.2) is 0 Å². The molecule has 0 atom stereocenters. The molecule has 5 aromatic carbocycles. The lowest BCUT2D eigenvalue weighted by molar-refractivity contribution is 0.669. The Morgan fingerprint density at radius 1 is 0.676 bits per heavy atom. The van der Waals surface area contributed by atoms with Crippen molar-refractivity contribution >= 4 is 33.3 Å². The quantitative estimate of drug-likeness (QED) is 0.244. The Hall–Kier alpha value is -4.89. The fourth-order valence-electron chi connectivity index (χ4n) is 4.78.